The number of halogens is 1. The van der Waals surface area contributed by atoms with E-state index in [1.54, 1.807) is 23.1 Å². The van der Waals surface area contributed by atoms with Crippen LogP contribution in [0.3, 0.4) is 0 Å². The summed E-state index contributed by atoms with van der Waals surface area (Å²) in [6.07, 6.45) is 0.259. The minimum Gasteiger partial charge on any atom is -0.352 e. The third kappa shape index (κ3) is 6.51. The average molecular weight is 433 g/mol. The lowest BCUT2D eigenvalue weighted by Gasteiger charge is -2.32. The minimum atomic E-state index is -0.723. The molecule has 5 heteroatoms. The highest BCUT2D eigenvalue weighted by molar-refractivity contribution is 5.89. The van der Waals surface area contributed by atoms with E-state index >= 15 is 0 Å². The van der Waals surface area contributed by atoms with Crippen molar-refractivity contribution in [1.82, 2.24) is 10.2 Å². The van der Waals surface area contributed by atoms with Gasteiger partial charge in [0.05, 0.1) is 6.42 Å². The summed E-state index contributed by atoms with van der Waals surface area (Å²) in [4.78, 5) is 28.3. The van der Waals surface area contributed by atoms with Gasteiger partial charge in [-0.25, -0.2) is 4.39 Å². The molecular weight excluding hydrogens is 403 g/mol. The summed E-state index contributed by atoms with van der Waals surface area (Å²) in [5, 5.41) is 2.95. The fraction of sp³-hybridized carbons (Fsp3) is 0.259. The predicted molar refractivity (Wildman–Crippen MR) is 124 cm³/mol. The van der Waals surface area contributed by atoms with Crippen LogP contribution in [0.1, 0.15) is 30.5 Å². The molecule has 0 radical (unpaired) electrons. The van der Waals surface area contributed by atoms with Crippen molar-refractivity contribution in [3.8, 4) is 0 Å². The zero-order valence-electron chi connectivity index (χ0n) is 18.5. The molecule has 4 nitrogen and oxygen atoms in total. The van der Waals surface area contributed by atoms with Gasteiger partial charge in [0, 0.05) is 19.0 Å². The fourth-order valence-electron chi connectivity index (χ4n) is 3.62. The molecule has 3 aromatic rings. The zero-order chi connectivity index (χ0) is 22.9. The molecule has 0 heterocycles. The normalized spacial score (nSPS) is 11.8. The van der Waals surface area contributed by atoms with Crippen molar-refractivity contribution in [3.63, 3.8) is 0 Å². The van der Waals surface area contributed by atoms with Crippen molar-refractivity contribution in [2.24, 2.45) is 0 Å². The van der Waals surface area contributed by atoms with Crippen LogP contribution in [-0.4, -0.2) is 28.8 Å². The maximum Gasteiger partial charge on any atom is 0.243 e. The maximum atomic E-state index is 14.3. The molecule has 3 aromatic carbocycles. The highest BCUT2D eigenvalue weighted by atomic mass is 19.1. The second kappa shape index (κ2) is 11.2. The molecule has 0 bridgehead atoms. The van der Waals surface area contributed by atoms with Crippen molar-refractivity contribution >= 4 is 11.8 Å². The molecule has 166 valence electrons. The van der Waals surface area contributed by atoms with Gasteiger partial charge in [-0.3, -0.25) is 9.59 Å². The second-order valence-corrected chi connectivity index (χ2v) is 8.14. The maximum absolute atomic E-state index is 14.3. The monoisotopic (exact) mass is 432 g/mol. The molecule has 1 N–H and O–H groups in total. The first-order valence-electron chi connectivity index (χ1n) is 10.8. The molecule has 3 rings (SSSR count). The SMILES string of the molecule is CC(C)NC(=O)C(Cc1ccccc1)N(Cc1ccccc1)C(=O)Cc1ccccc1F. The van der Waals surface area contributed by atoms with E-state index in [4.69, 9.17) is 0 Å². The molecule has 0 spiro atoms. The van der Waals surface area contributed by atoms with Gasteiger partial charge in [0.25, 0.3) is 0 Å². The second-order valence-electron chi connectivity index (χ2n) is 8.14. The van der Waals surface area contributed by atoms with E-state index in [0.717, 1.165) is 11.1 Å². The Kier molecular flexibility index (Phi) is 8.14. The van der Waals surface area contributed by atoms with Gasteiger partial charge in [-0.15, -0.1) is 0 Å². The molecule has 0 aromatic heterocycles. The number of hydrogen-bond donors (Lipinski definition) is 1. The molecule has 0 aliphatic heterocycles. The smallest absolute Gasteiger partial charge is 0.243 e. The highest BCUT2D eigenvalue weighted by Crippen LogP contribution is 2.17. The molecule has 0 aliphatic rings. The number of carbonyl (C=O) groups excluding carboxylic acids is 2. The summed E-state index contributed by atoms with van der Waals surface area (Å²) < 4.78 is 14.3. The van der Waals surface area contributed by atoms with Gasteiger partial charge >= 0.3 is 0 Å². The molecule has 0 saturated carbocycles. The molecule has 0 saturated heterocycles. The third-order valence-electron chi connectivity index (χ3n) is 5.20. The number of nitrogens with zero attached hydrogens (tertiary/aromatic N) is 1. The quantitative estimate of drug-likeness (QED) is 0.540. The van der Waals surface area contributed by atoms with Crippen LogP contribution in [-0.2, 0) is 29.0 Å². The van der Waals surface area contributed by atoms with Gasteiger partial charge in [-0.05, 0) is 36.6 Å². The van der Waals surface area contributed by atoms with E-state index < -0.39 is 11.9 Å². The Morgan fingerprint density at radius 1 is 0.844 bits per heavy atom. The first-order valence-corrected chi connectivity index (χ1v) is 10.8. The van der Waals surface area contributed by atoms with Crippen molar-refractivity contribution in [2.75, 3.05) is 0 Å². The van der Waals surface area contributed by atoms with E-state index in [0.29, 0.717) is 12.0 Å². The largest absolute Gasteiger partial charge is 0.352 e. The molecule has 0 aliphatic carbocycles. The number of benzene rings is 3. The number of hydrogen-bond acceptors (Lipinski definition) is 2. The number of nitrogens with one attached hydrogen (secondary N) is 1. The third-order valence-corrected chi connectivity index (χ3v) is 5.20. The van der Waals surface area contributed by atoms with Gasteiger partial charge in [-0.1, -0.05) is 78.9 Å². The first kappa shape index (κ1) is 23.2. The Morgan fingerprint density at radius 2 is 1.41 bits per heavy atom. The summed E-state index contributed by atoms with van der Waals surface area (Å²) >= 11 is 0. The Hall–Kier alpha value is -3.47. The van der Waals surface area contributed by atoms with Crippen LogP contribution in [0.2, 0.25) is 0 Å². The molecular formula is C27H29FN2O2. The van der Waals surface area contributed by atoms with Crippen LogP contribution < -0.4 is 5.32 Å². The lowest BCUT2D eigenvalue weighted by atomic mass is 10.0. The van der Waals surface area contributed by atoms with Crippen LogP contribution in [0, 0.1) is 5.82 Å². The van der Waals surface area contributed by atoms with E-state index in [2.05, 4.69) is 5.32 Å². The van der Waals surface area contributed by atoms with Gasteiger partial charge in [-0.2, -0.15) is 0 Å². The van der Waals surface area contributed by atoms with E-state index in [9.17, 15) is 14.0 Å². The Bertz CT molecular complexity index is 1020. The highest BCUT2D eigenvalue weighted by Gasteiger charge is 2.31. The topological polar surface area (TPSA) is 49.4 Å². The fourth-order valence-corrected chi connectivity index (χ4v) is 3.62. The van der Waals surface area contributed by atoms with Crippen molar-refractivity contribution in [1.29, 1.82) is 0 Å². The molecule has 32 heavy (non-hydrogen) atoms. The first-order chi connectivity index (χ1) is 15.4. The zero-order valence-corrected chi connectivity index (χ0v) is 18.5. The van der Waals surface area contributed by atoms with E-state index in [-0.39, 0.29) is 30.8 Å². The summed E-state index contributed by atoms with van der Waals surface area (Å²) in [6.45, 7) is 4.04. The van der Waals surface area contributed by atoms with Gasteiger partial charge < -0.3 is 10.2 Å². The summed E-state index contributed by atoms with van der Waals surface area (Å²) in [6, 6.07) is 24.6. The molecule has 1 atom stereocenters. The number of rotatable bonds is 9. The predicted octanol–water partition coefficient (Wildman–Crippen LogP) is 4.53. The van der Waals surface area contributed by atoms with E-state index in [1.807, 2.05) is 74.5 Å². The number of carbonyl (C=O) groups is 2. The van der Waals surface area contributed by atoms with Crippen LogP contribution in [0.25, 0.3) is 0 Å². The standard InChI is InChI=1S/C27H29FN2O2/c1-20(2)29-27(32)25(17-21-11-5-3-6-12-21)30(19-22-13-7-4-8-14-22)26(31)18-23-15-9-10-16-24(23)28/h3-16,20,25H,17-19H2,1-2H3,(H,29,32). The van der Waals surface area contributed by atoms with Gasteiger partial charge in [0.15, 0.2) is 0 Å². The summed E-state index contributed by atoms with van der Waals surface area (Å²) in [5.74, 6) is -0.938. The van der Waals surface area contributed by atoms with Crippen LogP contribution in [0.15, 0.2) is 84.9 Å². The van der Waals surface area contributed by atoms with Gasteiger partial charge in [0.2, 0.25) is 11.8 Å². The Labute approximate surface area is 189 Å². The van der Waals surface area contributed by atoms with Crippen LogP contribution >= 0.6 is 0 Å². The summed E-state index contributed by atoms with van der Waals surface area (Å²) in [7, 11) is 0. The van der Waals surface area contributed by atoms with Crippen molar-refractivity contribution in [3.05, 3.63) is 107 Å². The van der Waals surface area contributed by atoms with Gasteiger partial charge in [0.1, 0.15) is 11.9 Å². The molecule has 2 amide bonds. The average Bonchev–Trinajstić information content (AvgIpc) is 2.78. The van der Waals surface area contributed by atoms with Crippen molar-refractivity contribution in [2.45, 2.75) is 45.3 Å². The molecule has 0 fully saturated rings. The van der Waals surface area contributed by atoms with Crippen LogP contribution in [0.4, 0.5) is 4.39 Å². The minimum absolute atomic E-state index is 0.0685. The Morgan fingerprint density at radius 3 is 2.00 bits per heavy atom. The lowest BCUT2D eigenvalue weighted by molar-refractivity contribution is -0.141. The summed E-state index contributed by atoms with van der Waals surface area (Å²) in [5.41, 5.74) is 2.18. The van der Waals surface area contributed by atoms with E-state index in [1.165, 1.54) is 6.07 Å². The van der Waals surface area contributed by atoms with Crippen molar-refractivity contribution < 1.29 is 14.0 Å². The number of amides is 2. The van der Waals surface area contributed by atoms with Crippen LogP contribution in [0.5, 0.6) is 0 Å². The lowest BCUT2D eigenvalue weighted by Crippen LogP contribution is -2.52. The Balaban J connectivity index is 1.96. The molecule has 1 unspecified atom stereocenters.